The van der Waals surface area contributed by atoms with Crippen LogP contribution < -0.4 is 10.5 Å². The first-order valence-electron chi connectivity index (χ1n) is 5.48. The molecule has 0 aliphatic rings. The molecule has 102 valence electrons. The Kier molecular flexibility index (Phi) is 5.54. The Morgan fingerprint density at radius 2 is 2.11 bits per heavy atom. The molecule has 0 fully saturated rings. The Morgan fingerprint density at radius 1 is 1.44 bits per heavy atom. The number of nitrogens with one attached hydrogen (secondary N) is 1. The summed E-state index contributed by atoms with van der Waals surface area (Å²) in [4.78, 5) is 0.0474. The number of sulfonamides is 1. The number of ether oxygens (including phenoxy) is 1. The van der Waals surface area contributed by atoms with Crippen LogP contribution in [0, 0.1) is 0 Å². The highest BCUT2D eigenvalue weighted by Gasteiger charge is 2.12. The second-order valence-corrected chi connectivity index (χ2v) is 5.40. The SMILES string of the molecule is COCC(O)CCNc1ccccc1S(N)(=O)=O. The summed E-state index contributed by atoms with van der Waals surface area (Å²) in [6.07, 6.45) is -0.128. The highest BCUT2D eigenvalue weighted by atomic mass is 32.2. The van der Waals surface area contributed by atoms with Gasteiger partial charge >= 0.3 is 0 Å². The molecular formula is C11H18N2O4S. The Morgan fingerprint density at radius 3 is 2.72 bits per heavy atom. The van der Waals surface area contributed by atoms with E-state index in [1.807, 2.05) is 0 Å². The number of benzene rings is 1. The first-order valence-corrected chi connectivity index (χ1v) is 7.02. The average molecular weight is 274 g/mol. The molecule has 0 saturated heterocycles. The Labute approximate surface area is 107 Å². The second-order valence-electron chi connectivity index (χ2n) is 3.87. The molecule has 1 aromatic carbocycles. The maximum atomic E-state index is 11.3. The van der Waals surface area contributed by atoms with E-state index in [1.165, 1.54) is 13.2 Å². The Balaban J connectivity index is 2.63. The molecule has 6 nitrogen and oxygen atoms in total. The van der Waals surface area contributed by atoms with Gasteiger partial charge in [0.1, 0.15) is 4.90 Å². The van der Waals surface area contributed by atoms with E-state index in [1.54, 1.807) is 18.2 Å². The minimum absolute atomic E-state index is 0.0474. The number of anilines is 1. The minimum Gasteiger partial charge on any atom is -0.391 e. The van der Waals surface area contributed by atoms with Gasteiger partial charge in [0, 0.05) is 13.7 Å². The van der Waals surface area contributed by atoms with Gasteiger partial charge in [-0.05, 0) is 18.6 Å². The lowest BCUT2D eigenvalue weighted by molar-refractivity contribution is 0.0615. The zero-order valence-corrected chi connectivity index (χ0v) is 11.0. The van der Waals surface area contributed by atoms with Gasteiger partial charge in [-0.3, -0.25) is 0 Å². The summed E-state index contributed by atoms with van der Waals surface area (Å²) < 4.78 is 27.4. The van der Waals surface area contributed by atoms with Crippen LogP contribution in [0.1, 0.15) is 6.42 Å². The number of para-hydroxylation sites is 1. The first-order chi connectivity index (χ1) is 8.45. The zero-order chi connectivity index (χ0) is 13.6. The molecule has 0 radical (unpaired) electrons. The number of hydrogen-bond donors (Lipinski definition) is 3. The van der Waals surface area contributed by atoms with Gasteiger partial charge in [-0.2, -0.15) is 0 Å². The van der Waals surface area contributed by atoms with Crippen molar-refractivity contribution in [1.82, 2.24) is 0 Å². The standard InChI is InChI=1S/C11H18N2O4S/c1-17-8-9(14)6-7-13-10-4-2-3-5-11(10)18(12,15)16/h2-5,9,13-14H,6-8H2,1H3,(H2,12,15,16). The van der Waals surface area contributed by atoms with E-state index in [0.717, 1.165) is 0 Å². The van der Waals surface area contributed by atoms with Gasteiger partial charge < -0.3 is 15.2 Å². The first kappa shape index (κ1) is 14.9. The monoisotopic (exact) mass is 274 g/mol. The summed E-state index contributed by atoms with van der Waals surface area (Å²) >= 11 is 0. The normalized spacial score (nSPS) is 13.3. The van der Waals surface area contributed by atoms with Crippen molar-refractivity contribution in [3.63, 3.8) is 0 Å². The van der Waals surface area contributed by atoms with Crippen LogP contribution >= 0.6 is 0 Å². The van der Waals surface area contributed by atoms with Gasteiger partial charge in [0.05, 0.1) is 18.4 Å². The van der Waals surface area contributed by atoms with Crippen LogP contribution in [0.15, 0.2) is 29.2 Å². The molecule has 0 amide bonds. The van der Waals surface area contributed by atoms with E-state index in [-0.39, 0.29) is 11.5 Å². The third-order valence-corrected chi connectivity index (χ3v) is 3.31. The van der Waals surface area contributed by atoms with Gasteiger partial charge in [0.2, 0.25) is 10.0 Å². The van der Waals surface area contributed by atoms with Gasteiger partial charge in [-0.15, -0.1) is 0 Å². The molecule has 0 aromatic heterocycles. The van der Waals surface area contributed by atoms with E-state index in [0.29, 0.717) is 18.7 Å². The van der Waals surface area contributed by atoms with Crippen molar-refractivity contribution < 1.29 is 18.3 Å². The van der Waals surface area contributed by atoms with E-state index in [4.69, 9.17) is 9.88 Å². The number of primary sulfonamides is 1. The molecule has 0 spiro atoms. The molecule has 0 saturated carbocycles. The zero-order valence-electron chi connectivity index (χ0n) is 10.2. The van der Waals surface area contributed by atoms with Crippen molar-refractivity contribution in [3.05, 3.63) is 24.3 Å². The molecule has 7 heteroatoms. The van der Waals surface area contributed by atoms with Crippen LogP contribution in [0.3, 0.4) is 0 Å². The van der Waals surface area contributed by atoms with Crippen LogP contribution in [-0.2, 0) is 14.8 Å². The third-order valence-electron chi connectivity index (χ3n) is 2.35. The fourth-order valence-corrected chi connectivity index (χ4v) is 2.22. The summed E-state index contributed by atoms with van der Waals surface area (Å²) in [6, 6.07) is 6.37. The lowest BCUT2D eigenvalue weighted by Crippen LogP contribution is -2.20. The average Bonchev–Trinajstić information content (AvgIpc) is 2.28. The lowest BCUT2D eigenvalue weighted by atomic mass is 10.2. The van der Waals surface area contributed by atoms with Gasteiger partial charge in [-0.25, -0.2) is 13.6 Å². The second kappa shape index (κ2) is 6.69. The number of aliphatic hydroxyl groups is 1. The van der Waals surface area contributed by atoms with Crippen molar-refractivity contribution in [2.75, 3.05) is 25.6 Å². The predicted molar refractivity (Wildman–Crippen MR) is 68.8 cm³/mol. The number of methoxy groups -OCH3 is 1. The smallest absolute Gasteiger partial charge is 0.240 e. The summed E-state index contributed by atoms with van der Waals surface area (Å²) in [5.74, 6) is 0. The molecule has 4 N–H and O–H groups in total. The number of nitrogens with two attached hydrogens (primary N) is 1. The fourth-order valence-electron chi connectivity index (χ4n) is 1.51. The van der Waals surface area contributed by atoms with Gasteiger partial charge in [-0.1, -0.05) is 12.1 Å². The van der Waals surface area contributed by atoms with Crippen LogP contribution in [0.4, 0.5) is 5.69 Å². The number of rotatable bonds is 7. The maximum absolute atomic E-state index is 11.3. The summed E-state index contributed by atoms with van der Waals surface area (Å²) in [6.45, 7) is 0.676. The van der Waals surface area contributed by atoms with Crippen molar-refractivity contribution in [1.29, 1.82) is 0 Å². The van der Waals surface area contributed by atoms with Gasteiger partial charge in [0.15, 0.2) is 0 Å². The lowest BCUT2D eigenvalue weighted by Gasteiger charge is -2.13. The number of hydrogen-bond acceptors (Lipinski definition) is 5. The minimum atomic E-state index is -3.74. The Bertz CT molecular complexity index is 476. The third kappa shape index (κ3) is 4.61. The van der Waals surface area contributed by atoms with Crippen LogP contribution in [-0.4, -0.2) is 39.9 Å². The van der Waals surface area contributed by atoms with E-state index in [9.17, 15) is 13.5 Å². The van der Waals surface area contributed by atoms with E-state index >= 15 is 0 Å². The largest absolute Gasteiger partial charge is 0.391 e. The molecule has 0 heterocycles. The molecule has 0 bridgehead atoms. The van der Waals surface area contributed by atoms with Crippen LogP contribution in [0.2, 0.25) is 0 Å². The summed E-state index contributed by atoms with van der Waals surface area (Å²) in [7, 11) is -2.24. The summed E-state index contributed by atoms with van der Waals surface area (Å²) in [5.41, 5.74) is 0.435. The van der Waals surface area contributed by atoms with Crippen molar-refractivity contribution >= 4 is 15.7 Å². The van der Waals surface area contributed by atoms with Gasteiger partial charge in [0.25, 0.3) is 0 Å². The topological polar surface area (TPSA) is 102 Å². The highest BCUT2D eigenvalue weighted by molar-refractivity contribution is 7.89. The van der Waals surface area contributed by atoms with Crippen molar-refractivity contribution in [2.24, 2.45) is 5.14 Å². The Hall–Kier alpha value is -1.15. The highest BCUT2D eigenvalue weighted by Crippen LogP contribution is 2.19. The summed E-state index contributed by atoms with van der Waals surface area (Å²) in [5, 5.41) is 17.5. The number of aliphatic hydroxyl groups excluding tert-OH is 1. The van der Waals surface area contributed by atoms with Crippen LogP contribution in [0.5, 0.6) is 0 Å². The molecule has 18 heavy (non-hydrogen) atoms. The van der Waals surface area contributed by atoms with Crippen molar-refractivity contribution in [2.45, 2.75) is 17.4 Å². The molecule has 1 unspecified atom stereocenters. The van der Waals surface area contributed by atoms with E-state index < -0.39 is 16.1 Å². The molecular weight excluding hydrogens is 256 g/mol. The molecule has 0 aliphatic carbocycles. The predicted octanol–water partition coefficient (Wildman–Crippen LogP) is 0.143. The van der Waals surface area contributed by atoms with E-state index in [2.05, 4.69) is 5.32 Å². The van der Waals surface area contributed by atoms with Crippen molar-refractivity contribution in [3.8, 4) is 0 Å². The quantitative estimate of drug-likeness (QED) is 0.656. The fraction of sp³-hybridized carbons (Fsp3) is 0.455. The van der Waals surface area contributed by atoms with Crippen LogP contribution in [0.25, 0.3) is 0 Å². The molecule has 1 rings (SSSR count). The molecule has 1 aromatic rings. The molecule has 1 atom stereocenters. The molecule has 0 aliphatic heterocycles. The maximum Gasteiger partial charge on any atom is 0.240 e.